The van der Waals surface area contributed by atoms with Gasteiger partial charge in [0, 0.05) is 6.42 Å². The highest BCUT2D eigenvalue weighted by atomic mass is 35.5. The molecule has 0 bridgehead atoms. The van der Waals surface area contributed by atoms with Crippen molar-refractivity contribution in [3.8, 4) is 0 Å². The molecule has 2 nitrogen and oxygen atoms in total. The van der Waals surface area contributed by atoms with E-state index in [1.165, 1.54) is 56.8 Å². The molecule has 0 spiro atoms. The second-order valence-corrected chi connectivity index (χ2v) is 6.79. The van der Waals surface area contributed by atoms with E-state index in [0.29, 0.717) is 12.3 Å². The molecule has 0 saturated heterocycles. The minimum Gasteiger partial charge on any atom is -0.469 e. The van der Waals surface area contributed by atoms with Crippen LogP contribution in [0.4, 0.5) is 0 Å². The Morgan fingerprint density at radius 3 is 2.41 bits per heavy atom. The number of hydrogen-bond acceptors (Lipinski definition) is 2. The first kappa shape index (κ1) is 17.3. The normalized spacial score (nSPS) is 17.7. The highest BCUT2D eigenvalue weighted by Gasteiger charge is 2.22. The number of aryl methyl sites for hydroxylation is 1. The van der Waals surface area contributed by atoms with Gasteiger partial charge in [0.1, 0.15) is 0 Å². The van der Waals surface area contributed by atoms with E-state index in [1.54, 1.807) is 0 Å². The highest BCUT2D eigenvalue weighted by molar-refractivity contribution is 6.21. The van der Waals surface area contributed by atoms with Gasteiger partial charge in [-0.25, -0.2) is 0 Å². The number of esters is 1. The molecule has 22 heavy (non-hydrogen) atoms. The summed E-state index contributed by atoms with van der Waals surface area (Å²) in [5.74, 6) is 0.486. The van der Waals surface area contributed by atoms with Crippen molar-refractivity contribution >= 4 is 17.6 Å². The van der Waals surface area contributed by atoms with Gasteiger partial charge < -0.3 is 4.74 Å². The van der Waals surface area contributed by atoms with Crippen molar-refractivity contribution in [2.45, 2.75) is 63.2 Å². The van der Waals surface area contributed by atoms with Crippen molar-refractivity contribution in [2.24, 2.45) is 5.92 Å². The molecule has 1 aliphatic rings. The Kier molecular flexibility index (Phi) is 7.24. The number of alkyl halides is 1. The summed E-state index contributed by atoms with van der Waals surface area (Å²) in [7, 11) is 1.44. The molecular weight excluding hydrogens is 296 g/mol. The Morgan fingerprint density at radius 1 is 1.18 bits per heavy atom. The Balaban J connectivity index is 1.86. The fraction of sp³-hybridized carbons (Fsp3) is 0.632. The first-order valence-corrected chi connectivity index (χ1v) is 8.94. The van der Waals surface area contributed by atoms with E-state index in [-0.39, 0.29) is 11.3 Å². The van der Waals surface area contributed by atoms with Crippen LogP contribution in [0.15, 0.2) is 24.3 Å². The first-order valence-electron chi connectivity index (χ1n) is 8.50. The van der Waals surface area contributed by atoms with Crippen LogP contribution in [-0.4, -0.2) is 13.1 Å². The Hall–Kier alpha value is -1.02. The van der Waals surface area contributed by atoms with Crippen LogP contribution in [0, 0.1) is 5.92 Å². The smallest absolute Gasteiger partial charge is 0.305 e. The van der Waals surface area contributed by atoms with Gasteiger partial charge in [-0.05, 0) is 42.7 Å². The van der Waals surface area contributed by atoms with Gasteiger partial charge in [-0.15, -0.1) is 11.6 Å². The molecule has 2 rings (SSSR count). The SMILES string of the molecule is COC(=O)CCCc1ccc(C(Cl)C2CCCCCC2)cc1. The van der Waals surface area contributed by atoms with Gasteiger partial charge in [-0.3, -0.25) is 4.79 Å². The highest BCUT2D eigenvalue weighted by Crippen LogP contribution is 2.37. The summed E-state index contributed by atoms with van der Waals surface area (Å²) in [6.45, 7) is 0. The maximum Gasteiger partial charge on any atom is 0.305 e. The van der Waals surface area contributed by atoms with Crippen molar-refractivity contribution in [3.05, 3.63) is 35.4 Å². The zero-order chi connectivity index (χ0) is 15.8. The van der Waals surface area contributed by atoms with E-state index in [1.807, 2.05) is 0 Å². The largest absolute Gasteiger partial charge is 0.469 e. The van der Waals surface area contributed by atoms with Crippen LogP contribution < -0.4 is 0 Å². The zero-order valence-electron chi connectivity index (χ0n) is 13.5. The van der Waals surface area contributed by atoms with Crippen LogP contribution in [-0.2, 0) is 16.0 Å². The van der Waals surface area contributed by atoms with Crippen LogP contribution in [0.5, 0.6) is 0 Å². The van der Waals surface area contributed by atoms with Crippen LogP contribution in [0.1, 0.15) is 67.9 Å². The first-order chi connectivity index (χ1) is 10.7. The topological polar surface area (TPSA) is 26.3 Å². The summed E-state index contributed by atoms with van der Waals surface area (Å²) in [6.07, 6.45) is 10.1. The fourth-order valence-electron chi connectivity index (χ4n) is 3.28. The van der Waals surface area contributed by atoms with Crippen LogP contribution in [0.25, 0.3) is 0 Å². The molecule has 122 valence electrons. The number of carbonyl (C=O) groups excluding carboxylic acids is 1. The maximum absolute atomic E-state index is 11.1. The molecule has 1 fully saturated rings. The van der Waals surface area contributed by atoms with E-state index in [9.17, 15) is 4.79 Å². The van der Waals surface area contributed by atoms with Crippen molar-refractivity contribution < 1.29 is 9.53 Å². The quantitative estimate of drug-likeness (QED) is 0.396. The molecule has 1 atom stereocenters. The second-order valence-electron chi connectivity index (χ2n) is 6.32. The Bertz CT molecular complexity index is 447. The third-order valence-corrected chi connectivity index (χ3v) is 5.29. The zero-order valence-corrected chi connectivity index (χ0v) is 14.3. The molecule has 0 heterocycles. The third-order valence-electron chi connectivity index (χ3n) is 4.69. The summed E-state index contributed by atoms with van der Waals surface area (Å²) in [4.78, 5) is 11.1. The summed E-state index contributed by atoms with van der Waals surface area (Å²) >= 11 is 6.71. The lowest BCUT2D eigenvalue weighted by Gasteiger charge is -2.21. The van der Waals surface area contributed by atoms with Gasteiger partial charge >= 0.3 is 5.97 Å². The van der Waals surface area contributed by atoms with Gasteiger partial charge in [0.2, 0.25) is 0 Å². The van der Waals surface area contributed by atoms with Gasteiger partial charge in [0.05, 0.1) is 12.5 Å². The molecule has 0 N–H and O–H groups in total. The molecule has 1 saturated carbocycles. The number of hydrogen-bond donors (Lipinski definition) is 0. The van der Waals surface area contributed by atoms with Crippen LogP contribution in [0.3, 0.4) is 0 Å². The summed E-state index contributed by atoms with van der Waals surface area (Å²) in [5.41, 5.74) is 2.50. The van der Waals surface area contributed by atoms with Crippen LogP contribution in [0.2, 0.25) is 0 Å². The molecule has 3 heteroatoms. The number of carbonyl (C=O) groups is 1. The van der Waals surface area contributed by atoms with Crippen molar-refractivity contribution in [2.75, 3.05) is 7.11 Å². The standard InChI is InChI=1S/C19H27ClO2/c1-22-18(21)10-6-7-15-11-13-17(14-12-15)19(20)16-8-4-2-3-5-9-16/h11-14,16,19H,2-10H2,1H3. The van der Waals surface area contributed by atoms with Crippen molar-refractivity contribution in [1.29, 1.82) is 0 Å². The predicted molar refractivity (Wildman–Crippen MR) is 91.2 cm³/mol. The van der Waals surface area contributed by atoms with Gasteiger partial charge in [-0.1, -0.05) is 49.9 Å². The average molecular weight is 323 g/mol. The number of ether oxygens (including phenoxy) is 1. The van der Waals surface area contributed by atoms with E-state index < -0.39 is 0 Å². The van der Waals surface area contributed by atoms with Gasteiger partial charge in [0.25, 0.3) is 0 Å². The van der Waals surface area contributed by atoms with Gasteiger partial charge in [0.15, 0.2) is 0 Å². The van der Waals surface area contributed by atoms with E-state index in [0.717, 1.165) is 12.8 Å². The molecule has 1 aromatic carbocycles. The molecule has 0 aromatic heterocycles. The van der Waals surface area contributed by atoms with Crippen molar-refractivity contribution in [1.82, 2.24) is 0 Å². The summed E-state index contributed by atoms with van der Waals surface area (Å²) < 4.78 is 4.66. The van der Waals surface area contributed by atoms with E-state index >= 15 is 0 Å². The fourth-order valence-corrected chi connectivity index (χ4v) is 3.68. The van der Waals surface area contributed by atoms with Crippen molar-refractivity contribution in [3.63, 3.8) is 0 Å². The molecule has 1 unspecified atom stereocenters. The molecule has 1 aliphatic carbocycles. The average Bonchev–Trinajstić information content (AvgIpc) is 2.84. The summed E-state index contributed by atoms with van der Waals surface area (Å²) in [5, 5.41) is 0.141. The number of halogens is 1. The van der Waals surface area contributed by atoms with E-state index in [2.05, 4.69) is 29.0 Å². The molecule has 0 aliphatic heterocycles. The number of rotatable bonds is 6. The van der Waals surface area contributed by atoms with Crippen LogP contribution >= 0.6 is 11.6 Å². The summed E-state index contributed by atoms with van der Waals surface area (Å²) in [6, 6.07) is 8.63. The maximum atomic E-state index is 11.1. The Morgan fingerprint density at radius 2 is 1.82 bits per heavy atom. The minimum atomic E-state index is -0.134. The van der Waals surface area contributed by atoms with E-state index in [4.69, 9.17) is 11.6 Å². The molecule has 0 radical (unpaired) electrons. The lowest BCUT2D eigenvalue weighted by molar-refractivity contribution is -0.140. The molecular formula is C19H27ClO2. The Labute approximate surface area is 139 Å². The second kappa shape index (κ2) is 9.19. The van der Waals surface area contributed by atoms with Gasteiger partial charge in [-0.2, -0.15) is 0 Å². The minimum absolute atomic E-state index is 0.134. The number of methoxy groups -OCH3 is 1. The predicted octanol–water partition coefficient (Wildman–Crippen LogP) is 5.43. The number of benzene rings is 1. The third kappa shape index (κ3) is 5.31. The molecule has 1 aromatic rings. The lowest BCUT2D eigenvalue weighted by atomic mass is 9.91. The monoisotopic (exact) mass is 322 g/mol. The lowest BCUT2D eigenvalue weighted by Crippen LogP contribution is -2.07. The molecule has 0 amide bonds.